The highest BCUT2D eigenvalue weighted by Crippen LogP contribution is 2.40. The van der Waals surface area contributed by atoms with Crippen LogP contribution in [-0.2, 0) is 20.3 Å². The van der Waals surface area contributed by atoms with Gasteiger partial charge in [0.1, 0.15) is 29.9 Å². The summed E-state index contributed by atoms with van der Waals surface area (Å²) in [5.41, 5.74) is 2.97. The fourth-order valence-electron chi connectivity index (χ4n) is 3.44. The summed E-state index contributed by atoms with van der Waals surface area (Å²) in [5.74, 6) is 2.14. The zero-order valence-electron chi connectivity index (χ0n) is 15.8. The zero-order chi connectivity index (χ0) is 20.0. The van der Waals surface area contributed by atoms with Gasteiger partial charge in [-0.05, 0) is 37.1 Å². The Kier molecular flexibility index (Phi) is 4.43. The summed E-state index contributed by atoms with van der Waals surface area (Å²) in [4.78, 5) is 21.5. The van der Waals surface area contributed by atoms with Crippen molar-refractivity contribution in [1.29, 1.82) is 0 Å². The first-order chi connectivity index (χ1) is 14.1. The number of benzene rings is 1. The first-order valence-corrected chi connectivity index (χ1v) is 10.3. The molecule has 0 saturated heterocycles. The lowest BCUT2D eigenvalue weighted by Gasteiger charge is -2.09. The van der Waals surface area contributed by atoms with E-state index in [0.717, 1.165) is 22.5 Å². The van der Waals surface area contributed by atoms with Crippen molar-refractivity contribution in [2.24, 2.45) is 7.05 Å². The van der Waals surface area contributed by atoms with Crippen molar-refractivity contribution in [3.05, 3.63) is 68.8 Å². The Balaban J connectivity index is 1.39. The van der Waals surface area contributed by atoms with Gasteiger partial charge in [0, 0.05) is 30.6 Å². The Morgan fingerprint density at radius 2 is 2.10 bits per heavy atom. The first-order valence-electron chi connectivity index (χ1n) is 9.44. The van der Waals surface area contributed by atoms with Crippen LogP contribution in [-0.4, -0.2) is 19.1 Å². The minimum Gasteiger partial charge on any atom is -0.486 e. The number of aromatic nitrogens is 4. The van der Waals surface area contributed by atoms with Crippen LogP contribution in [0.25, 0.3) is 16.7 Å². The van der Waals surface area contributed by atoms with Crippen LogP contribution in [0.15, 0.2) is 46.7 Å². The molecule has 0 spiro atoms. The van der Waals surface area contributed by atoms with Gasteiger partial charge in [-0.25, -0.2) is 14.4 Å². The highest BCUT2D eigenvalue weighted by Gasteiger charge is 2.28. The van der Waals surface area contributed by atoms with E-state index >= 15 is 0 Å². The fraction of sp³-hybridized carbons (Fsp3) is 0.286. The first kappa shape index (κ1) is 18.1. The third-order valence-corrected chi connectivity index (χ3v) is 5.98. The molecule has 0 N–H and O–H groups in total. The normalized spacial score (nSPS) is 13.9. The van der Waals surface area contributed by atoms with Crippen LogP contribution in [0.2, 0.25) is 0 Å². The van der Waals surface area contributed by atoms with E-state index < -0.39 is 6.67 Å². The summed E-state index contributed by atoms with van der Waals surface area (Å²) < 4.78 is 21.9. The van der Waals surface area contributed by atoms with Crippen molar-refractivity contribution < 1.29 is 9.13 Å². The Labute approximate surface area is 170 Å². The lowest BCUT2D eigenvalue weighted by molar-refractivity contribution is 0.304. The third kappa shape index (κ3) is 3.44. The van der Waals surface area contributed by atoms with E-state index in [1.807, 2.05) is 25.2 Å². The van der Waals surface area contributed by atoms with Gasteiger partial charge >= 0.3 is 0 Å². The van der Waals surface area contributed by atoms with Crippen molar-refractivity contribution in [1.82, 2.24) is 19.1 Å². The van der Waals surface area contributed by atoms with Gasteiger partial charge < -0.3 is 9.30 Å². The molecule has 1 aliphatic rings. The molecule has 1 fully saturated rings. The molecule has 1 aliphatic carbocycles. The molecular weight excluding hydrogens is 391 g/mol. The van der Waals surface area contributed by atoms with Crippen LogP contribution in [0.1, 0.15) is 35.3 Å². The Bertz CT molecular complexity index is 1260. The molecule has 0 aliphatic heterocycles. The standard InChI is InChI=1S/C21H19FN4O2S/c1-25-18-8-15(4-5-17(18)24-21(25)13-2-3-13)26-7-6-16(9-20(26)27)28-11-19-23-14(10-22)12-29-19/h4-9,12-13H,2-3,10-11H2,1H3. The molecule has 3 heterocycles. The maximum absolute atomic E-state index is 12.6. The van der Waals surface area contributed by atoms with E-state index in [4.69, 9.17) is 9.72 Å². The molecule has 1 aromatic carbocycles. The molecular formula is C21H19FN4O2S. The van der Waals surface area contributed by atoms with Crippen molar-refractivity contribution in [2.45, 2.75) is 32.0 Å². The Morgan fingerprint density at radius 1 is 1.24 bits per heavy atom. The number of imidazole rings is 1. The number of aryl methyl sites for hydroxylation is 1. The van der Waals surface area contributed by atoms with Crippen LogP contribution < -0.4 is 10.3 Å². The Morgan fingerprint density at radius 3 is 2.83 bits per heavy atom. The maximum Gasteiger partial charge on any atom is 0.258 e. The minimum absolute atomic E-state index is 0.185. The molecule has 148 valence electrons. The quantitative estimate of drug-likeness (QED) is 0.480. The average Bonchev–Trinajstić information content (AvgIpc) is 3.38. The van der Waals surface area contributed by atoms with E-state index in [0.29, 0.717) is 22.4 Å². The highest BCUT2D eigenvalue weighted by molar-refractivity contribution is 7.09. The third-order valence-electron chi connectivity index (χ3n) is 5.11. The number of ether oxygens (including phenoxy) is 1. The number of fused-ring (bicyclic) bond motifs is 1. The monoisotopic (exact) mass is 410 g/mol. The SMILES string of the molecule is Cn1c(C2CC2)nc2ccc(-n3ccc(OCc4nc(CF)cs4)cc3=O)cc21. The molecule has 6 nitrogen and oxygen atoms in total. The smallest absolute Gasteiger partial charge is 0.258 e. The van der Waals surface area contributed by atoms with Crippen LogP contribution in [0, 0.1) is 0 Å². The number of hydrogen-bond acceptors (Lipinski definition) is 5. The fourth-order valence-corrected chi connectivity index (χ4v) is 4.12. The van der Waals surface area contributed by atoms with Crippen molar-refractivity contribution in [3.8, 4) is 11.4 Å². The van der Waals surface area contributed by atoms with E-state index in [-0.39, 0.29) is 12.2 Å². The number of thiazole rings is 1. The predicted molar refractivity (Wildman–Crippen MR) is 110 cm³/mol. The summed E-state index contributed by atoms with van der Waals surface area (Å²) >= 11 is 1.34. The number of alkyl halides is 1. The predicted octanol–water partition coefficient (Wildman–Crippen LogP) is 4.11. The number of halogens is 1. The molecule has 0 amide bonds. The van der Waals surface area contributed by atoms with Crippen molar-refractivity contribution >= 4 is 22.4 Å². The van der Waals surface area contributed by atoms with Gasteiger partial charge in [0.25, 0.3) is 5.56 Å². The van der Waals surface area contributed by atoms with E-state index in [1.54, 1.807) is 22.2 Å². The number of hydrogen-bond donors (Lipinski definition) is 0. The largest absolute Gasteiger partial charge is 0.486 e. The van der Waals surface area contributed by atoms with Gasteiger partial charge in [-0.15, -0.1) is 11.3 Å². The summed E-state index contributed by atoms with van der Waals surface area (Å²) in [5, 5.41) is 2.34. The topological polar surface area (TPSA) is 61.9 Å². The second-order valence-corrected chi connectivity index (χ2v) is 8.14. The summed E-state index contributed by atoms with van der Waals surface area (Å²) in [6.45, 7) is -0.380. The Hall–Kier alpha value is -3.00. The van der Waals surface area contributed by atoms with Crippen LogP contribution in [0.5, 0.6) is 5.75 Å². The lowest BCUT2D eigenvalue weighted by atomic mass is 10.2. The van der Waals surface area contributed by atoms with E-state index in [9.17, 15) is 9.18 Å². The lowest BCUT2D eigenvalue weighted by Crippen LogP contribution is -2.16. The second kappa shape index (κ2) is 7.11. The molecule has 29 heavy (non-hydrogen) atoms. The molecule has 0 atom stereocenters. The summed E-state index contributed by atoms with van der Waals surface area (Å²) in [6, 6.07) is 9.05. The zero-order valence-corrected chi connectivity index (χ0v) is 16.7. The van der Waals surface area contributed by atoms with E-state index in [1.165, 1.54) is 30.2 Å². The molecule has 0 bridgehead atoms. The molecule has 3 aromatic heterocycles. The van der Waals surface area contributed by atoms with Crippen LogP contribution in [0.4, 0.5) is 4.39 Å². The van der Waals surface area contributed by atoms with Gasteiger partial charge in [0.15, 0.2) is 0 Å². The van der Waals surface area contributed by atoms with E-state index in [2.05, 4.69) is 9.55 Å². The maximum atomic E-state index is 12.6. The molecule has 0 radical (unpaired) electrons. The van der Waals surface area contributed by atoms with Gasteiger partial charge in [0.2, 0.25) is 0 Å². The number of pyridine rings is 1. The van der Waals surface area contributed by atoms with Crippen molar-refractivity contribution in [2.75, 3.05) is 0 Å². The summed E-state index contributed by atoms with van der Waals surface area (Å²) in [6.07, 6.45) is 4.09. The molecule has 4 aromatic rings. The number of nitrogens with zero attached hydrogens (tertiary/aromatic N) is 4. The minimum atomic E-state index is -0.588. The van der Waals surface area contributed by atoms with Crippen LogP contribution in [0.3, 0.4) is 0 Å². The van der Waals surface area contributed by atoms with Gasteiger partial charge in [-0.1, -0.05) is 0 Å². The van der Waals surface area contributed by atoms with Crippen molar-refractivity contribution in [3.63, 3.8) is 0 Å². The molecule has 8 heteroatoms. The van der Waals surface area contributed by atoms with Gasteiger partial charge in [-0.3, -0.25) is 9.36 Å². The molecule has 1 saturated carbocycles. The summed E-state index contributed by atoms with van der Waals surface area (Å²) in [7, 11) is 2.03. The number of rotatable bonds is 6. The molecule has 5 rings (SSSR count). The second-order valence-electron chi connectivity index (χ2n) is 7.20. The van der Waals surface area contributed by atoms with Gasteiger partial charge in [0.05, 0.1) is 22.4 Å². The average molecular weight is 410 g/mol. The molecule has 0 unspecified atom stereocenters. The van der Waals surface area contributed by atoms with Crippen LogP contribution >= 0.6 is 11.3 Å². The van der Waals surface area contributed by atoms with Gasteiger partial charge in [-0.2, -0.15) is 0 Å². The highest BCUT2D eigenvalue weighted by atomic mass is 32.1.